The molecule has 3 atom stereocenters. The van der Waals surface area contributed by atoms with Crippen LogP contribution in [0.15, 0.2) is 52.3 Å². The summed E-state index contributed by atoms with van der Waals surface area (Å²) in [6.07, 6.45) is 1.78. The highest BCUT2D eigenvalue weighted by molar-refractivity contribution is 7.07. The maximum absolute atomic E-state index is 13.6. The first-order chi connectivity index (χ1) is 15.9. The van der Waals surface area contributed by atoms with Gasteiger partial charge in [-0.1, -0.05) is 35.6 Å². The van der Waals surface area contributed by atoms with Gasteiger partial charge < -0.3 is 18.9 Å². The van der Waals surface area contributed by atoms with E-state index in [1.54, 1.807) is 43.9 Å². The van der Waals surface area contributed by atoms with E-state index >= 15 is 0 Å². The van der Waals surface area contributed by atoms with E-state index < -0.39 is 23.7 Å². The average molecular weight is 467 g/mol. The summed E-state index contributed by atoms with van der Waals surface area (Å²) < 4.78 is 24.0. The van der Waals surface area contributed by atoms with Crippen LogP contribution in [0.2, 0.25) is 0 Å². The highest BCUT2D eigenvalue weighted by Gasteiger charge is 2.55. The van der Waals surface area contributed by atoms with Gasteiger partial charge in [-0.2, -0.15) is 0 Å². The molecule has 0 aliphatic carbocycles. The summed E-state index contributed by atoms with van der Waals surface area (Å²) in [5.41, 5.74) is 0.105. The minimum Gasteiger partial charge on any atom is -0.493 e. The smallest absolute Gasteiger partial charge is 0.317 e. The van der Waals surface area contributed by atoms with Gasteiger partial charge in [-0.05, 0) is 36.8 Å². The maximum Gasteiger partial charge on any atom is 0.317 e. The van der Waals surface area contributed by atoms with Crippen LogP contribution in [0.1, 0.15) is 24.1 Å². The maximum atomic E-state index is 13.6. The lowest BCUT2D eigenvalue weighted by Gasteiger charge is -2.44. The van der Waals surface area contributed by atoms with Crippen LogP contribution >= 0.6 is 11.3 Å². The topological polar surface area (TPSA) is 88.4 Å². The number of nitrogens with zero attached hydrogens (tertiary/aromatic N) is 2. The zero-order valence-electron chi connectivity index (χ0n) is 18.5. The second kappa shape index (κ2) is 7.77. The third-order valence-corrected chi connectivity index (χ3v) is 7.02. The van der Waals surface area contributed by atoms with E-state index in [0.717, 1.165) is 11.1 Å². The standard InChI is InChI=1S/C24H22N2O6S/c1-24-19(22(28)31-4)20(14-7-5-6-8-15(14)32-24)26-21(27)18(33-23(26)25-24)12-13-9-10-16(29-2)17(11-13)30-3/h5-12,19-20H,1-4H3/b18-12+/t19-,20+,24+/m0/s1. The summed E-state index contributed by atoms with van der Waals surface area (Å²) in [5.74, 6) is 0.487. The Kier molecular flexibility index (Phi) is 5.01. The Bertz CT molecular complexity index is 1440. The molecule has 170 valence electrons. The number of thiazole rings is 1. The molecule has 0 unspecified atom stereocenters. The molecule has 2 bridgehead atoms. The minimum absolute atomic E-state index is 0.230. The van der Waals surface area contributed by atoms with Gasteiger partial charge in [0.2, 0.25) is 5.72 Å². The molecule has 33 heavy (non-hydrogen) atoms. The predicted molar refractivity (Wildman–Crippen MR) is 122 cm³/mol. The van der Waals surface area contributed by atoms with Gasteiger partial charge in [-0.3, -0.25) is 14.2 Å². The number of para-hydroxylation sites is 1. The van der Waals surface area contributed by atoms with Gasteiger partial charge in [-0.15, -0.1) is 0 Å². The van der Waals surface area contributed by atoms with Crippen LogP contribution in [0.25, 0.3) is 6.08 Å². The number of benzene rings is 2. The third kappa shape index (κ3) is 3.22. The van der Waals surface area contributed by atoms with Crippen LogP contribution < -0.4 is 29.1 Å². The summed E-state index contributed by atoms with van der Waals surface area (Å²) in [7, 11) is 4.46. The molecule has 8 nitrogen and oxygen atoms in total. The SMILES string of the molecule is COC(=O)[C@@H]1[C@H]2c3ccccc3O[C@@]1(C)N=c1s/c(=C/c3ccc(OC)c(OC)c3)c(=O)n12. The number of aromatic nitrogens is 1. The van der Waals surface area contributed by atoms with Crippen molar-refractivity contribution in [1.82, 2.24) is 4.57 Å². The summed E-state index contributed by atoms with van der Waals surface area (Å²) in [4.78, 5) is 31.7. The lowest BCUT2D eigenvalue weighted by Crippen LogP contribution is -2.58. The number of hydrogen-bond acceptors (Lipinski definition) is 8. The van der Waals surface area contributed by atoms with E-state index in [1.165, 1.54) is 18.4 Å². The monoisotopic (exact) mass is 466 g/mol. The molecule has 0 saturated heterocycles. The van der Waals surface area contributed by atoms with Crippen molar-refractivity contribution in [2.45, 2.75) is 18.7 Å². The normalized spacial score (nSPS) is 23.0. The first-order valence-corrected chi connectivity index (χ1v) is 11.1. The zero-order valence-corrected chi connectivity index (χ0v) is 19.3. The van der Waals surface area contributed by atoms with Crippen molar-refractivity contribution in [3.8, 4) is 17.2 Å². The van der Waals surface area contributed by atoms with E-state index in [9.17, 15) is 9.59 Å². The second-order valence-electron chi connectivity index (χ2n) is 7.93. The largest absolute Gasteiger partial charge is 0.493 e. The average Bonchev–Trinajstić information content (AvgIpc) is 3.11. The first kappa shape index (κ1) is 21.3. The van der Waals surface area contributed by atoms with Crippen molar-refractivity contribution >= 4 is 23.4 Å². The summed E-state index contributed by atoms with van der Waals surface area (Å²) in [6.45, 7) is 1.75. The molecule has 9 heteroatoms. The summed E-state index contributed by atoms with van der Waals surface area (Å²) in [5, 5.41) is 0. The predicted octanol–water partition coefficient (Wildman–Crippen LogP) is 1.88. The highest BCUT2D eigenvalue weighted by Crippen LogP contribution is 2.47. The number of methoxy groups -OCH3 is 3. The van der Waals surface area contributed by atoms with Gasteiger partial charge in [0.15, 0.2) is 16.3 Å². The summed E-state index contributed by atoms with van der Waals surface area (Å²) in [6, 6.07) is 12.2. The van der Waals surface area contributed by atoms with E-state index in [1.807, 2.05) is 30.3 Å². The molecule has 0 spiro atoms. The van der Waals surface area contributed by atoms with Crippen LogP contribution in [-0.4, -0.2) is 37.6 Å². The van der Waals surface area contributed by atoms with Crippen molar-refractivity contribution in [3.05, 3.63) is 73.3 Å². The van der Waals surface area contributed by atoms with Crippen molar-refractivity contribution in [1.29, 1.82) is 0 Å². The van der Waals surface area contributed by atoms with Gasteiger partial charge in [0.1, 0.15) is 11.7 Å². The van der Waals surface area contributed by atoms with Crippen LogP contribution in [0.5, 0.6) is 17.2 Å². The number of fused-ring (bicyclic) bond motifs is 6. The molecular weight excluding hydrogens is 444 g/mol. The molecule has 2 aromatic carbocycles. The quantitative estimate of drug-likeness (QED) is 0.546. The minimum atomic E-state index is -1.19. The van der Waals surface area contributed by atoms with Gasteiger partial charge in [-0.25, -0.2) is 4.99 Å². The van der Waals surface area contributed by atoms with Crippen molar-refractivity contribution in [2.24, 2.45) is 10.9 Å². The molecule has 0 radical (unpaired) electrons. The van der Waals surface area contributed by atoms with Crippen LogP contribution in [0.4, 0.5) is 0 Å². The second-order valence-corrected chi connectivity index (χ2v) is 8.94. The molecule has 3 aromatic rings. The Balaban J connectivity index is 1.74. The molecule has 1 aromatic heterocycles. The Labute approximate surface area is 193 Å². The van der Waals surface area contributed by atoms with Gasteiger partial charge in [0.25, 0.3) is 5.56 Å². The Morgan fingerprint density at radius 1 is 1.15 bits per heavy atom. The van der Waals surface area contributed by atoms with Crippen molar-refractivity contribution in [3.63, 3.8) is 0 Å². The molecule has 0 N–H and O–H groups in total. The fourth-order valence-electron chi connectivity index (χ4n) is 4.53. The Morgan fingerprint density at radius 3 is 2.64 bits per heavy atom. The van der Waals surface area contributed by atoms with Crippen molar-refractivity contribution in [2.75, 3.05) is 21.3 Å². The highest BCUT2D eigenvalue weighted by atomic mass is 32.1. The molecule has 0 saturated carbocycles. The van der Waals surface area contributed by atoms with Gasteiger partial charge in [0, 0.05) is 5.56 Å². The van der Waals surface area contributed by atoms with E-state index in [2.05, 4.69) is 0 Å². The Morgan fingerprint density at radius 2 is 1.91 bits per heavy atom. The van der Waals surface area contributed by atoms with Crippen LogP contribution in [-0.2, 0) is 9.53 Å². The lowest BCUT2D eigenvalue weighted by atomic mass is 9.81. The molecular formula is C24H22N2O6S. The molecule has 0 amide bonds. The Hall–Kier alpha value is -3.59. The number of rotatable bonds is 4. The van der Waals surface area contributed by atoms with Crippen LogP contribution in [0.3, 0.4) is 0 Å². The number of esters is 1. The molecule has 2 aliphatic rings. The summed E-state index contributed by atoms with van der Waals surface area (Å²) >= 11 is 1.26. The number of carbonyl (C=O) groups excluding carboxylic acids is 1. The number of ether oxygens (including phenoxy) is 4. The van der Waals surface area contributed by atoms with Crippen LogP contribution in [0, 0.1) is 5.92 Å². The lowest BCUT2D eigenvalue weighted by molar-refractivity contribution is -0.158. The molecule has 2 aliphatic heterocycles. The van der Waals surface area contributed by atoms with Crippen molar-refractivity contribution < 1.29 is 23.7 Å². The van der Waals surface area contributed by atoms with E-state index in [-0.39, 0.29) is 5.56 Å². The number of hydrogen-bond donors (Lipinski definition) is 0. The fourth-order valence-corrected chi connectivity index (χ4v) is 5.62. The fraction of sp³-hybridized carbons (Fsp3) is 0.292. The number of carbonyl (C=O) groups is 1. The third-order valence-electron chi connectivity index (χ3n) is 6.04. The van der Waals surface area contributed by atoms with E-state index in [0.29, 0.717) is 26.6 Å². The zero-order chi connectivity index (χ0) is 23.3. The van der Waals surface area contributed by atoms with E-state index in [4.69, 9.17) is 23.9 Å². The molecule has 5 rings (SSSR count). The molecule has 0 fully saturated rings. The first-order valence-electron chi connectivity index (χ1n) is 10.3. The van der Waals surface area contributed by atoms with Gasteiger partial charge in [0.05, 0.1) is 31.9 Å². The van der Waals surface area contributed by atoms with Gasteiger partial charge >= 0.3 is 5.97 Å². The molecule has 3 heterocycles.